The Morgan fingerprint density at radius 1 is 1.38 bits per heavy atom. The van der Waals surface area contributed by atoms with Crippen molar-refractivity contribution in [2.75, 3.05) is 0 Å². The van der Waals surface area contributed by atoms with Gasteiger partial charge < -0.3 is 10.2 Å². The van der Waals surface area contributed by atoms with Gasteiger partial charge in [-0.25, -0.2) is 0 Å². The molecule has 1 fully saturated rings. The molecule has 2 N–H and O–H groups in total. The third kappa shape index (κ3) is 3.29. The van der Waals surface area contributed by atoms with E-state index >= 15 is 0 Å². The molecule has 2 atom stereocenters. The lowest BCUT2D eigenvalue weighted by Crippen LogP contribution is -2.15. The van der Waals surface area contributed by atoms with Crippen LogP contribution < -0.4 is 5.73 Å². The van der Waals surface area contributed by atoms with Crippen molar-refractivity contribution in [3.63, 3.8) is 0 Å². The molecule has 2 rings (SSSR count). The Kier molecular flexibility index (Phi) is 4.36. The Bertz CT molecular complexity index is 323. The van der Waals surface area contributed by atoms with Gasteiger partial charge in [0.25, 0.3) is 0 Å². The minimum atomic E-state index is 0.505. The predicted molar refractivity (Wildman–Crippen MR) is 69.3 cm³/mol. The van der Waals surface area contributed by atoms with Gasteiger partial charge in [0.15, 0.2) is 0 Å². The van der Waals surface area contributed by atoms with E-state index in [1.807, 2.05) is 17.8 Å². The van der Waals surface area contributed by atoms with Crippen molar-refractivity contribution in [2.45, 2.75) is 50.2 Å². The lowest BCUT2D eigenvalue weighted by atomic mass is 9.91. The quantitative estimate of drug-likeness (QED) is 0.873. The van der Waals surface area contributed by atoms with Crippen LogP contribution in [0.1, 0.15) is 44.1 Å². The Labute approximate surface area is 102 Å². The van der Waals surface area contributed by atoms with Gasteiger partial charge in [0.05, 0.1) is 12.3 Å². The number of rotatable bonds is 4. The molecule has 16 heavy (non-hydrogen) atoms. The highest BCUT2D eigenvalue weighted by Crippen LogP contribution is 2.33. The van der Waals surface area contributed by atoms with Gasteiger partial charge in [-0.05, 0) is 30.9 Å². The van der Waals surface area contributed by atoms with E-state index in [0.717, 1.165) is 28.4 Å². The van der Waals surface area contributed by atoms with E-state index in [1.165, 1.54) is 25.7 Å². The van der Waals surface area contributed by atoms with Crippen LogP contribution in [0.5, 0.6) is 0 Å². The van der Waals surface area contributed by atoms with Gasteiger partial charge in [0, 0.05) is 5.25 Å². The number of hydrogen-bond acceptors (Lipinski definition) is 3. The molecule has 1 saturated carbocycles. The highest BCUT2D eigenvalue weighted by molar-refractivity contribution is 7.99. The average molecular weight is 239 g/mol. The van der Waals surface area contributed by atoms with Crippen molar-refractivity contribution in [3.05, 3.63) is 23.7 Å². The summed E-state index contributed by atoms with van der Waals surface area (Å²) in [6.45, 7) is 2.87. The van der Waals surface area contributed by atoms with Crippen molar-refractivity contribution in [1.82, 2.24) is 0 Å². The Hall–Kier alpha value is -0.410. The van der Waals surface area contributed by atoms with Crippen molar-refractivity contribution < 1.29 is 4.42 Å². The summed E-state index contributed by atoms with van der Waals surface area (Å²) in [7, 11) is 0. The third-order valence-electron chi connectivity index (χ3n) is 3.27. The summed E-state index contributed by atoms with van der Waals surface area (Å²) < 4.78 is 5.60. The van der Waals surface area contributed by atoms with Crippen LogP contribution in [0, 0.1) is 5.92 Å². The van der Waals surface area contributed by atoms with E-state index < -0.39 is 0 Å². The molecule has 1 heterocycles. The zero-order chi connectivity index (χ0) is 11.4. The van der Waals surface area contributed by atoms with Crippen LogP contribution in [0.2, 0.25) is 0 Å². The molecule has 90 valence electrons. The zero-order valence-corrected chi connectivity index (χ0v) is 10.8. The first kappa shape index (κ1) is 12.1. The van der Waals surface area contributed by atoms with E-state index in [0.29, 0.717) is 6.54 Å². The molecule has 1 aromatic rings. The topological polar surface area (TPSA) is 39.2 Å². The number of thioether (sulfide) groups is 1. The monoisotopic (exact) mass is 239 g/mol. The number of nitrogens with two attached hydrogens (primary N) is 1. The maximum absolute atomic E-state index is 5.60. The fraction of sp³-hybridized carbons (Fsp3) is 0.692. The highest BCUT2D eigenvalue weighted by atomic mass is 32.2. The van der Waals surface area contributed by atoms with Crippen molar-refractivity contribution >= 4 is 11.8 Å². The summed E-state index contributed by atoms with van der Waals surface area (Å²) in [6, 6.07) is 4.04. The summed E-state index contributed by atoms with van der Waals surface area (Å²) in [4.78, 5) is 0. The fourth-order valence-corrected chi connectivity index (χ4v) is 3.69. The molecule has 0 aromatic carbocycles. The maximum atomic E-state index is 5.60. The Morgan fingerprint density at radius 3 is 2.88 bits per heavy atom. The predicted octanol–water partition coefficient (Wildman–Crippen LogP) is 3.55. The third-order valence-corrected chi connectivity index (χ3v) is 4.62. The Balaban J connectivity index is 1.78. The van der Waals surface area contributed by atoms with Crippen LogP contribution in [0.4, 0.5) is 0 Å². The number of hydrogen-bond donors (Lipinski definition) is 1. The van der Waals surface area contributed by atoms with Gasteiger partial charge in [-0.3, -0.25) is 0 Å². The lowest BCUT2D eigenvalue weighted by molar-refractivity contribution is 0.393. The van der Waals surface area contributed by atoms with E-state index in [1.54, 1.807) is 0 Å². The molecular weight excluding hydrogens is 218 g/mol. The summed E-state index contributed by atoms with van der Waals surface area (Å²) in [5, 5.41) is 0.829. The summed E-state index contributed by atoms with van der Waals surface area (Å²) in [5.74, 6) is 3.87. The van der Waals surface area contributed by atoms with E-state index in [9.17, 15) is 0 Å². The molecule has 1 aromatic heterocycles. The summed E-state index contributed by atoms with van der Waals surface area (Å²) in [5.41, 5.74) is 5.52. The highest BCUT2D eigenvalue weighted by Gasteiger charge is 2.19. The maximum Gasteiger partial charge on any atom is 0.117 e. The zero-order valence-electron chi connectivity index (χ0n) is 9.95. The van der Waals surface area contributed by atoms with Crippen molar-refractivity contribution in [2.24, 2.45) is 11.7 Å². The normalized spacial score (nSPS) is 25.9. The molecule has 3 heteroatoms. The molecule has 0 saturated heterocycles. The van der Waals surface area contributed by atoms with Crippen molar-refractivity contribution in [1.29, 1.82) is 0 Å². The number of furan rings is 1. The van der Waals surface area contributed by atoms with Gasteiger partial charge in [0.1, 0.15) is 11.5 Å². The fourth-order valence-electron chi connectivity index (χ4n) is 2.34. The van der Waals surface area contributed by atoms with Crippen molar-refractivity contribution in [3.8, 4) is 0 Å². The molecule has 2 unspecified atom stereocenters. The first-order valence-corrected chi connectivity index (χ1v) is 7.22. The summed E-state index contributed by atoms with van der Waals surface area (Å²) >= 11 is 2.04. The minimum Gasteiger partial charge on any atom is -0.464 e. The van der Waals surface area contributed by atoms with Crippen LogP contribution in [0.3, 0.4) is 0 Å². The molecule has 0 radical (unpaired) electrons. The van der Waals surface area contributed by atoms with Gasteiger partial charge in [-0.1, -0.05) is 19.8 Å². The minimum absolute atomic E-state index is 0.505. The second kappa shape index (κ2) is 5.78. The van der Waals surface area contributed by atoms with Gasteiger partial charge in [0.2, 0.25) is 0 Å². The van der Waals surface area contributed by atoms with Gasteiger partial charge in [-0.2, -0.15) is 11.8 Å². The standard InChI is InChI=1S/C13H21NOS/c1-10-3-2-4-13(7-10)16-9-12-6-5-11(8-14)15-12/h5-6,10,13H,2-4,7-9,14H2,1H3. The molecule has 0 amide bonds. The molecule has 1 aliphatic rings. The van der Waals surface area contributed by atoms with Gasteiger partial charge >= 0.3 is 0 Å². The second-order valence-corrected chi connectivity index (χ2v) is 6.07. The molecule has 2 nitrogen and oxygen atoms in total. The van der Waals surface area contributed by atoms with Crippen LogP contribution >= 0.6 is 11.8 Å². The molecule has 0 spiro atoms. The van der Waals surface area contributed by atoms with Gasteiger partial charge in [-0.15, -0.1) is 0 Å². The first-order valence-electron chi connectivity index (χ1n) is 6.17. The van der Waals surface area contributed by atoms with Crippen LogP contribution in [0.15, 0.2) is 16.5 Å². The smallest absolute Gasteiger partial charge is 0.117 e. The lowest BCUT2D eigenvalue weighted by Gasteiger charge is -2.25. The Morgan fingerprint density at radius 2 is 2.19 bits per heavy atom. The second-order valence-electron chi connectivity index (χ2n) is 4.78. The average Bonchev–Trinajstić information content (AvgIpc) is 2.74. The molecule has 0 aliphatic heterocycles. The largest absolute Gasteiger partial charge is 0.464 e. The SMILES string of the molecule is CC1CCCC(SCc2ccc(CN)o2)C1. The molecule has 1 aliphatic carbocycles. The molecule has 0 bridgehead atoms. The first-order chi connectivity index (χ1) is 7.78. The van der Waals surface area contributed by atoms with E-state index in [2.05, 4.69) is 13.0 Å². The summed E-state index contributed by atoms with van der Waals surface area (Å²) in [6.07, 6.45) is 5.55. The van der Waals surface area contributed by atoms with Crippen LogP contribution in [-0.4, -0.2) is 5.25 Å². The molecular formula is C13H21NOS. The van der Waals surface area contributed by atoms with Crippen LogP contribution in [0.25, 0.3) is 0 Å². The van der Waals surface area contributed by atoms with E-state index in [-0.39, 0.29) is 0 Å². The van der Waals surface area contributed by atoms with Crippen LogP contribution in [-0.2, 0) is 12.3 Å². The van der Waals surface area contributed by atoms with E-state index in [4.69, 9.17) is 10.2 Å².